The molecule has 0 amide bonds. The Morgan fingerprint density at radius 3 is 2.35 bits per heavy atom. The smallest absolute Gasteiger partial charge is 0.264 e. The first kappa shape index (κ1) is 13.7. The van der Waals surface area contributed by atoms with Crippen molar-refractivity contribution in [3.05, 3.63) is 41.1 Å². The van der Waals surface area contributed by atoms with Crippen LogP contribution in [0, 0.1) is 6.92 Å². The van der Waals surface area contributed by atoms with Gasteiger partial charge in [-0.3, -0.25) is 4.31 Å². The average molecular weight is 291 g/mol. The quantitative estimate of drug-likeness (QED) is 0.834. The van der Waals surface area contributed by atoms with E-state index < -0.39 is 10.0 Å². The normalized spacial score (nSPS) is 19.9. The lowest BCUT2D eigenvalue weighted by Gasteiger charge is -2.35. The van der Waals surface area contributed by atoms with Gasteiger partial charge in [0, 0.05) is 12.2 Å². The van der Waals surface area contributed by atoms with Crippen molar-refractivity contribution in [3.63, 3.8) is 0 Å². The summed E-state index contributed by atoms with van der Waals surface area (Å²) in [5, 5.41) is 0. The van der Waals surface area contributed by atoms with Gasteiger partial charge in [0.05, 0.1) is 4.90 Å². The molecule has 0 saturated heterocycles. The zero-order valence-corrected chi connectivity index (χ0v) is 12.7. The van der Waals surface area contributed by atoms with E-state index in [0.717, 1.165) is 43.4 Å². The fourth-order valence-electron chi connectivity index (χ4n) is 3.20. The van der Waals surface area contributed by atoms with Gasteiger partial charge < -0.3 is 0 Å². The monoisotopic (exact) mass is 291 g/mol. The van der Waals surface area contributed by atoms with Crippen molar-refractivity contribution >= 4 is 10.0 Å². The van der Waals surface area contributed by atoms with Crippen molar-refractivity contribution in [3.8, 4) is 0 Å². The molecule has 1 aliphatic heterocycles. The van der Waals surface area contributed by atoms with E-state index in [2.05, 4.69) is 0 Å². The number of allylic oxidation sites excluding steroid dienone is 2. The van der Waals surface area contributed by atoms with Gasteiger partial charge in [-0.25, -0.2) is 8.42 Å². The molecule has 0 radical (unpaired) electrons. The van der Waals surface area contributed by atoms with E-state index in [1.165, 1.54) is 12.0 Å². The Bertz CT molecular complexity index is 625. The van der Waals surface area contributed by atoms with Crippen LogP contribution in [0.4, 0.5) is 0 Å². The molecule has 1 aromatic carbocycles. The van der Waals surface area contributed by atoms with Gasteiger partial charge >= 0.3 is 0 Å². The second-order valence-corrected chi connectivity index (χ2v) is 7.61. The second-order valence-electron chi connectivity index (χ2n) is 5.75. The predicted octanol–water partition coefficient (Wildman–Crippen LogP) is 3.61. The number of aryl methyl sites for hydroxylation is 1. The van der Waals surface area contributed by atoms with E-state index in [-0.39, 0.29) is 0 Å². The molecule has 0 unspecified atom stereocenters. The summed E-state index contributed by atoms with van der Waals surface area (Å²) in [7, 11) is -3.37. The van der Waals surface area contributed by atoms with Gasteiger partial charge in [-0.05, 0) is 63.2 Å². The van der Waals surface area contributed by atoms with Crippen LogP contribution in [0.1, 0.15) is 44.1 Å². The Hall–Kier alpha value is -1.29. The fourth-order valence-corrected chi connectivity index (χ4v) is 4.81. The van der Waals surface area contributed by atoms with Crippen molar-refractivity contribution < 1.29 is 8.42 Å². The third-order valence-corrected chi connectivity index (χ3v) is 6.15. The number of hydrogen-bond acceptors (Lipinski definition) is 2. The number of rotatable bonds is 2. The Morgan fingerprint density at radius 1 is 0.950 bits per heavy atom. The third kappa shape index (κ3) is 2.37. The number of hydrogen-bond donors (Lipinski definition) is 0. The molecule has 4 heteroatoms. The summed E-state index contributed by atoms with van der Waals surface area (Å²) in [6.45, 7) is 2.61. The van der Waals surface area contributed by atoms with Gasteiger partial charge in [-0.2, -0.15) is 0 Å². The molecule has 2 aliphatic rings. The molecular weight excluding hydrogens is 270 g/mol. The summed E-state index contributed by atoms with van der Waals surface area (Å²) < 4.78 is 27.4. The van der Waals surface area contributed by atoms with E-state index in [1.807, 2.05) is 19.1 Å². The Morgan fingerprint density at radius 2 is 1.60 bits per heavy atom. The SMILES string of the molecule is Cc1ccc(S(=O)(=O)N2CCCC3=C2CCCC3)cc1. The van der Waals surface area contributed by atoms with Crippen LogP contribution in [0.25, 0.3) is 0 Å². The highest BCUT2D eigenvalue weighted by Gasteiger charge is 2.31. The highest BCUT2D eigenvalue weighted by molar-refractivity contribution is 7.89. The number of benzene rings is 1. The zero-order chi connectivity index (χ0) is 14.2. The molecule has 1 heterocycles. The summed E-state index contributed by atoms with van der Waals surface area (Å²) in [5.74, 6) is 0. The highest BCUT2D eigenvalue weighted by atomic mass is 32.2. The van der Waals surface area contributed by atoms with Crippen LogP contribution >= 0.6 is 0 Å². The third-order valence-electron chi connectivity index (χ3n) is 4.30. The molecule has 0 atom stereocenters. The minimum atomic E-state index is -3.37. The van der Waals surface area contributed by atoms with Gasteiger partial charge in [-0.15, -0.1) is 0 Å². The van der Waals surface area contributed by atoms with Crippen LogP contribution in [-0.2, 0) is 10.0 Å². The van der Waals surface area contributed by atoms with Gasteiger partial charge in [0.2, 0.25) is 0 Å². The molecule has 0 aromatic heterocycles. The van der Waals surface area contributed by atoms with Crippen LogP contribution < -0.4 is 0 Å². The topological polar surface area (TPSA) is 37.4 Å². The number of sulfonamides is 1. The maximum atomic E-state index is 12.8. The molecular formula is C16H21NO2S. The molecule has 3 rings (SSSR count). The van der Waals surface area contributed by atoms with Crippen LogP contribution in [0.15, 0.2) is 40.4 Å². The van der Waals surface area contributed by atoms with E-state index >= 15 is 0 Å². The summed E-state index contributed by atoms with van der Waals surface area (Å²) in [6, 6.07) is 7.19. The highest BCUT2D eigenvalue weighted by Crippen LogP contribution is 2.36. The van der Waals surface area contributed by atoms with E-state index in [9.17, 15) is 8.42 Å². The van der Waals surface area contributed by atoms with Crippen LogP contribution in [0.5, 0.6) is 0 Å². The Balaban J connectivity index is 2.00. The minimum absolute atomic E-state index is 0.419. The van der Waals surface area contributed by atoms with Crippen molar-refractivity contribution in [1.29, 1.82) is 0 Å². The molecule has 0 spiro atoms. The predicted molar refractivity (Wildman–Crippen MR) is 79.8 cm³/mol. The van der Waals surface area contributed by atoms with Crippen molar-refractivity contribution in [2.24, 2.45) is 0 Å². The van der Waals surface area contributed by atoms with Crippen molar-refractivity contribution in [1.82, 2.24) is 4.31 Å². The molecule has 108 valence electrons. The molecule has 20 heavy (non-hydrogen) atoms. The Kier molecular flexibility index (Phi) is 3.59. The van der Waals surface area contributed by atoms with Crippen LogP contribution in [0.2, 0.25) is 0 Å². The maximum Gasteiger partial charge on any atom is 0.264 e. The molecule has 0 saturated carbocycles. The molecule has 1 aliphatic carbocycles. The largest absolute Gasteiger partial charge is 0.270 e. The standard InChI is InChI=1S/C16H21NO2S/c1-13-8-10-15(11-9-13)20(18,19)17-12-4-6-14-5-2-3-7-16(14)17/h8-11H,2-7,12H2,1H3. The van der Waals surface area contributed by atoms with Crippen LogP contribution in [0.3, 0.4) is 0 Å². The molecule has 0 N–H and O–H groups in total. The first-order valence-electron chi connectivity index (χ1n) is 7.39. The average Bonchev–Trinajstić information content (AvgIpc) is 2.47. The van der Waals surface area contributed by atoms with Crippen molar-refractivity contribution in [2.75, 3.05) is 6.54 Å². The summed E-state index contributed by atoms with van der Waals surface area (Å²) in [4.78, 5) is 0.419. The first-order chi connectivity index (χ1) is 9.59. The van der Waals surface area contributed by atoms with Gasteiger partial charge in [0.25, 0.3) is 10.0 Å². The van der Waals surface area contributed by atoms with E-state index in [1.54, 1.807) is 16.4 Å². The lowest BCUT2D eigenvalue weighted by atomic mass is 9.91. The van der Waals surface area contributed by atoms with E-state index in [0.29, 0.717) is 11.4 Å². The lowest BCUT2D eigenvalue weighted by molar-refractivity contribution is 0.401. The summed E-state index contributed by atoms with van der Waals surface area (Å²) in [6.07, 6.45) is 6.34. The van der Waals surface area contributed by atoms with Gasteiger partial charge in [0.1, 0.15) is 0 Å². The first-order valence-corrected chi connectivity index (χ1v) is 8.83. The fraction of sp³-hybridized carbons (Fsp3) is 0.500. The summed E-state index contributed by atoms with van der Waals surface area (Å²) >= 11 is 0. The lowest BCUT2D eigenvalue weighted by Crippen LogP contribution is -2.35. The number of nitrogens with zero attached hydrogens (tertiary/aromatic N) is 1. The van der Waals surface area contributed by atoms with Gasteiger partial charge in [-0.1, -0.05) is 17.7 Å². The molecule has 3 nitrogen and oxygen atoms in total. The van der Waals surface area contributed by atoms with Gasteiger partial charge in [0.15, 0.2) is 0 Å². The second kappa shape index (κ2) is 5.24. The van der Waals surface area contributed by atoms with Crippen LogP contribution in [-0.4, -0.2) is 19.3 Å². The maximum absolute atomic E-state index is 12.8. The van der Waals surface area contributed by atoms with E-state index in [4.69, 9.17) is 0 Å². The zero-order valence-electron chi connectivity index (χ0n) is 11.9. The molecule has 1 aromatic rings. The Labute approximate surface area is 121 Å². The van der Waals surface area contributed by atoms with Crippen molar-refractivity contribution in [2.45, 2.75) is 50.3 Å². The minimum Gasteiger partial charge on any atom is -0.270 e. The summed E-state index contributed by atoms with van der Waals surface area (Å²) in [5.41, 5.74) is 3.54. The molecule has 0 bridgehead atoms. The molecule has 0 fully saturated rings.